The molecule has 0 bridgehead atoms. The second-order valence-electron chi connectivity index (χ2n) is 4.40. The van der Waals surface area contributed by atoms with Gasteiger partial charge in [-0.25, -0.2) is 0 Å². The Morgan fingerprint density at radius 3 is 2.81 bits per heavy atom. The van der Waals surface area contributed by atoms with Crippen LogP contribution in [0.3, 0.4) is 0 Å². The van der Waals surface area contributed by atoms with Crippen LogP contribution in [0.15, 0.2) is 43.0 Å². The Hall–Kier alpha value is -1.12. The van der Waals surface area contributed by atoms with Crippen molar-refractivity contribution in [3.05, 3.63) is 48.6 Å². The Balaban J connectivity index is 2.01. The molecule has 2 atom stereocenters. The maximum Gasteiger partial charge on any atom is 0.0710 e. The highest BCUT2D eigenvalue weighted by Gasteiger charge is 2.31. The number of hydrogen-bond donors (Lipinski definition) is 1. The molecule has 1 aromatic rings. The van der Waals surface area contributed by atoms with Gasteiger partial charge in [0.1, 0.15) is 0 Å². The van der Waals surface area contributed by atoms with Crippen molar-refractivity contribution >= 4 is 0 Å². The number of benzene rings is 1. The van der Waals surface area contributed by atoms with Gasteiger partial charge in [0.2, 0.25) is 0 Å². The lowest BCUT2D eigenvalue weighted by molar-refractivity contribution is 0.114. The summed E-state index contributed by atoms with van der Waals surface area (Å²) in [5, 5.41) is 9.88. The number of aliphatic hydroxyl groups excluding tert-OH is 1. The third-order valence-electron chi connectivity index (χ3n) is 3.26. The summed E-state index contributed by atoms with van der Waals surface area (Å²) >= 11 is 0. The second kappa shape index (κ2) is 5.28. The highest BCUT2D eigenvalue weighted by Crippen LogP contribution is 2.23. The Bertz CT molecular complexity index is 336. The maximum absolute atomic E-state index is 9.88. The molecule has 1 aliphatic rings. The second-order valence-corrected chi connectivity index (χ2v) is 4.40. The van der Waals surface area contributed by atoms with E-state index in [9.17, 15) is 5.11 Å². The zero-order valence-corrected chi connectivity index (χ0v) is 9.55. The van der Waals surface area contributed by atoms with E-state index in [4.69, 9.17) is 0 Å². The Kier molecular flexibility index (Phi) is 3.75. The molecule has 86 valence electrons. The summed E-state index contributed by atoms with van der Waals surface area (Å²) in [6.07, 6.45) is 3.46. The largest absolute Gasteiger partial charge is 0.391 e. The molecule has 2 heteroatoms. The molecule has 2 nitrogen and oxygen atoms in total. The van der Waals surface area contributed by atoms with Gasteiger partial charge in [0, 0.05) is 19.1 Å². The van der Waals surface area contributed by atoms with E-state index in [1.54, 1.807) is 0 Å². The van der Waals surface area contributed by atoms with Gasteiger partial charge in [-0.1, -0.05) is 36.4 Å². The van der Waals surface area contributed by atoms with Gasteiger partial charge >= 0.3 is 0 Å². The molecular weight excluding hydrogens is 198 g/mol. The fourth-order valence-corrected chi connectivity index (χ4v) is 2.39. The molecule has 2 rings (SSSR count). The van der Waals surface area contributed by atoms with Crippen LogP contribution in [0.5, 0.6) is 0 Å². The van der Waals surface area contributed by atoms with E-state index in [0.29, 0.717) is 0 Å². The minimum Gasteiger partial charge on any atom is -0.391 e. The minimum atomic E-state index is -0.193. The Morgan fingerprint density at radius 1 is 1.38 bits per heavy atom. The van der Waals surface area contributed by atoms with Gasteiger partial charge in [0.15, 0.2) is 0 Å². The minimum absolute atomic E-state index is 0.193. The van der Waals surface area contributed by atoms with E-state index in [1.807, 2.05) is 12.1 Å². The first-order valence-electron chi connectivity index (χ1n) is 5.88. The van der Waals surface area contributed by atoms with Crippen molar-refractivity contribution in [2.45, 2.75) is 31.5 Å². The standard InChI is InChI=1S/C14H19NO/c1-2-6-13-14(16)9-10-15(13)11-12-7-4-3-5-8-12/h2-5,7-8,13-14,16H,1,6,9-11H2. The molecule has 0 radical (unpaired) electrons. The average molecular weight is 217 g/mol. The molecule has 0 aromatic heterocycles. The normalized spacial score (nSPS) is 25.8. The van der Waals surface area contributed by atoms with Crippen molar-refractivity contribution in [3.63, 3.8) is 0 Å². The van der Waals surface area contributed by atoms with Crippen LogP contribution in [0.1, 0.15) is 18.4 Å². The average Bonchev–Trinajstić information content (AvgIpc) is 2.64. The molecule has 0 aliphatic carbocycles. The van der Waals surface area contributed by atoms with E-state index in [1.165, 1.54) is 5.56 Å². The van der Waals surface area contributed by atoms with Gasteiger partial charge in [-0.05, 0) is 18.4 Å². The molecule has 1 heterocycles. The molecule has 1 N–H and O–H groups in total. The van der Waals surface area contributed by atoms with Crippen molar-refractivity contribution in [2.24, 2.45) is 0 Å². The van der Waals surface area contributed by atoms with E-state index in [-0.39, 0.29) is 12.1 Å². The maximum atomic E-state index is 9.88. The smallest absolute Gasteiger partial charge is 0.0710 e. The fraction of sp³-hybridized carbons (Fsp3) is 0.429. The number of rotatable bonds is 4. The summed E-state index contributed by atoms with van der Waals surface area (Å²) in [6, 6.07) is 10.7. The van der Waals surface area contributed by atoms with Crippen molar-refractivity contribution < 1.29 is 5.11 Å². The molecule has 2 unspecified atom stereocenters. The molecule has 1 saturated heterocycles. The van der Waals surface area contributed by atoms with Crippen LogP contribution in [-0.4, -0.2) is 28.7 Å². The Labute approximate surface area is 97.2 Å². The molecule has 0 spiro atoms. The predicted molar refractivity (Wildman–Crippen MR) is 66.1 cm³/mol. The van der Waals surface area contributed by atoms with E-state index < -0.39 is 0 Å². The van der Waals surface area contributed by atoms with Crippen LogP contribution in [0.25, 0.3) is 0 Å². The van der Waals surface area contributed by atoms with Crippen LogP contribution < -0.4 is 0 Å². The van der Waals surface area contributed by atoms with Gasteiger partial charge in [0.05, 0.1) is 6.10 Å². The third-order valence-corrected chi connectivity index (χ3v) is 3.26. The van der Waals surface area contributed by atoms with Crippen molar-refractivity contribution in [1.29, 1.82) is 0 Å². The van der Waals surface area contributed by atoms with E-state index in [2.05, 4.69) is 35.7 Å². The summed E-state index contributed by atoms with van der Waals surface area (Å²) in [4.78, 5) is 2.35. The van der Waals surface area contributed by atoms with E-state index in [0.717, 1.165) is 25.9 Å². The van der Waals surface area contributed by atoms with Crippen molar-refractivity contribution in [1.82, 2.24) is 4.90 Å². The number of aliphatic hydroxyl groups is 1. The van der Waals surface area contributed by atoms with Crippen LogP contribution in [-0.2, 0) is 6.54 Å². The topological polar surface area (TPSA) is 23.5 Å². The monoisotopic (exact) mass is 217 g/mol. The summed E-state index contributed by atoms with van der Waals surface area (Å²) in [7, 11) is 0. The molecule has 0 amide bonds. The van der Waals surface area contributed by atoms with Crippen molar-refractivity contribution in [2.75, 3.05) is 6.54 Å². The van der Waals surface area contributed by atoms with Crippen LogP contribution in [0, 0.1) is 0 Å². The highest BCUT2D eigenvalue weighted by molar-refractivity contribution is 5.15. The predicted octanol–water partition coefficient (Wildman–Crippen LogP) is 2.20. The first-order chi connectivity index (χ1) is 7.81. The van der Waals surface area contributed by atoms with Crippen LogP contribution in [0.2, 0.25) is 0 Å². The van der Waals surface area contributed by atoms with Gasteiger partial charge in [-0.2, -0.15) is 0 Å². The molecule has 1 fully saturated rings. The van der Waals surface area contributed by atoms with Crippen LogP contribution in [0.4, 0.5) is 0 Å². The summed E-state index contributed by atoms with van der Waals surface area (Å²) in [5.41, 5.74) is 1.31. The lowest BCUT2D eigenvalue weighted by atomic mass is 10.1. The highest BCUT2D eigenvalue weighted by atomic mass is 16.3. The molecule has 1 aliphatic heterocycles. The van der Waals surface area contributed by atoms with Crippen molar-refractivity contribution in [3.8, 4) is 0 Å². The lowest BCUT2D eigenvalue weighted by Crippen LogP contribution is -2.34. The quantitative estimate of drug-likeness (QED) is 0.782. The first kappa shape index (κ1) is 11.4. The molecular formula is C14H19NO. The van der Waals surface area contributed by atoms with Gasteiger partial charge in [0.25, 0.3) is 0 Å². The lowest BCUT2D eigenvalue weighted by Gasteiger charge is -2.25. The Morgan fingerprint density at radius 2 is 2.12 bits per heavy atom. The van der Waals surface area contributed by atoms with Crippen LogP contribution >= 0.6 is 0 Å². The molecule has 0 saturated carbocycles. The number of hydrogen-bond acceptors (Lipinski definition) is 2. The van der Waals surface area contributed by atoms with E-state index >= 15 is 0 Å². The fourth-order valence-electron chi connectivity index (χ4n) is 2.39. The summed E-state index contributed by atoms with van der Waals surface area (Å²) < 4.78 is 0. The molecule has 1 aromatic carbocycles. The third kappa shape index (κ3) is 2.52. The first-order valence-corrected chi connectivity index (χ1v) is 5.88. The SMILES string of the molecule is C=CCC1C(O)CCN1Cc1ccccc1. The van der Waals surface area contributed by atoms with Gasteiger partial charge < -0.3 is 5.11 Å². The summed E-state index contributed by atoms with van der Waals surface area (Å²) in [5.74, 6) is 0. The zero-order valence-electron chi connectivity index (χ0n) is 9.55. The number of likely N-dealkylation sites (tertiary alicyclic amines) is 1. The summed E-state index contributed by atoms with van der Waals surface area (Å²) in [6.45, 7) is 5.67. The number of nitrogens with zero attached hydrogens (tertiary/aromatic N) is 1. The van der Waals surface area contributed by atoms with Gasteiger partial charge in [-0.3, -0.25) is 4.90 Å². The molecule has 16 heavy (non-hydrogen) atoms. The zero-order chi connectivity index (χ0) is 11.4. The van der Waals surface area contributed by atoms with Gasteiger partial charge in [-0.15, -0.1) is 6.58 Å².